The van der Waals surface area contributed by atoms with Crippen molar-refractivity contribution >= 4 is 11.6 Å². The van der Waals surface area contributed by atoms with Gasteiger partial charge in [-0.15, -0.1) is 0 Å². The standard InChI is InChI=1S/C11H14N2O3/c1-3-9-6-4-5-8(2)11(9)12-10(14)7-13(15)16/h4-6H,3,7H2,1-2H3,(H,12,14). The number of anilines is 1. The number of nitrogens with zero attached hydrogens (tertiary/aromatic N) is 1. The fourth-order valence-corrected chi connectivity index (χ4v) is 1.50. The van der Waals surface area contributed by atoms with Crippen molar-refractivity contribution in [2.45, 2.75) is 20.3 Å². The van der Waals surface area contributed by atoms with Crippen LogP contribution in [0.15, 0.2) is 18.2 Å². The first-order valence-corrected chi connectivity index (χ1v) is 5.04. The molecule has 1 aromatic rings. The minimum atomic E-state index is -0.697. The smallest absolute Gasteiger partial charge is 0.296 e. The minimum absolute atomic E-state index is 0.589. The van der Waals surface area contributed by atoms with Crippen molar-refractivity contribution in [1.29, 1.82) is 0 Å². The fraction of sp³-hybridized carbons (Fsp3) is 0.364. The van der Waals surface area contributed by atoms with Crippen LogP contribution in [-0.2, 0) is 11.2 Å². The lowest BCUT2D eigenvalue weighted by Crippen LogP contribution is -2.22. The molecule has 0 aromatic heterocycles. The van der Waals surface area contributed by atoms with Crippen LogP contribution in [0.1, 0.15) is 18.1 Å². The van der Waals surface area contributed by atoms with Gasteiger partial charge in [0.05, 0.1) is 0 Å². The average Bonchev–Trinajstić information content (AvgIpc) is 2.20. The molecule has 0 spiro atoms. The molecule has 0 fully saturated rings. The highest BCUT2D eigenvalue weighted by molar-refractivity contribution is 5.93. The minimum Gasteiger partial charge on any atom is -0.320 e. The first-order valence-electron chi connectivity index (χ1n) is 5.04. The summed E-state index contributed by atoms with van der Waals surface area (Å²) < 4.78 is 0. The van der Waals surface area contributed by atoms with Gasteiger partial charge in [0.15, 0.2) is 0 Å². The van der Waals surface area contributed by atoms with Crippen LogP contribution in [0.5, 0.6) is 0 Å². The first-order chi connectivity index (χ1) is 7.54. The second-order valence-corrected chi connectivity index (χ2v) is 3.50. The summed E-state index contributed by atoms with van der Waals surface area (Å²) in [6.07, 6.45) is 0.774. The zero-order valence-electron chi connectivity index (χ0n) is 9.32. The maximum atomic E-state index is 11.3. The molecule has 0 unspecified atom stereocenters. The van der Waals surface area contributed by atoms with Gasteiger partial charge in [0.1, 0.15) is 0 Å². The third-order valence-corrected chi connectivity index (χ3v) is 2.28. The summed E-state index contributed by atoms with van der Waals surface area (Å²) in [6.45, 7) is 3.14. The fourth-order valence-electron chi connectivity index (χ4n) is 1.50. The number of benzene rings is 1. The van der Waals surface area contributed by atoms with Gasteiger partial charge in [-0.3, -0.25) is 14.9 Å². The quantitative estimate of drug-likeness (QED) is 0.623. The van der Waals surface area contributed by atoms with Crippen molar-refractivity contribution in [3.8, 4) is 0 Å². The average molecular weight is 222 g/mol. The summed E-state index contributed by atoms with van der Waals surface area (Å²) >= 11 is 0. The monoisotopic (exact) mass is 222 g/mol. The van der Waals surface area contributed by atoms with Crippen LogP contribution in [0.25, 0.3) is 0 Å². The van der Waals surface area contributed by atoms with E-state index in [4.69, 9.17) is 0 Å². The molecule has 16 heavy (non-hydrogen) atoms. The predicted octanol–water partition coefficient (Wildman–Crippen LogP) is 1.77. The van der Waals surface area contributed by atoms with Crippen LogP contribution in [0.4, 0.5) is 5.69 Å². The number of hydrogen-bond acceptors (Lipinski definition) is 3. The Labute approximate surface area is 93.6 Å². The van der Waals surface area contributed by atoms with Crippen LogP contribution >= 0.6 is 0 Å². The Kier molecular flexibility index (Phi) is 3.99. The molecule has 1 aromatic carbocycles. The third-order valence-electron chi connectivity index (χ3n) is 2.28. The zero-order chi connectivity index (χ0) is 12.1. The lowest BCUT2D eigenvalue weighted by atomic mass is 10.1. The van der Waals surface area contributed by atoms with E-state index in [9.17, 15) is 14.9 Å². The van der Waals surface area contributed by atoms with Gasteiger partial charge in [-0.25, -0.2) is 0 Å². The number of hydrogen-bond donors (Lipinski definition) is 1. The van der Waals surface area contributed by atoms with Gasteiger partial charge in [0, 0.05) is 10.6 Å². The number of nitrogens with one attached hydrogen (secondary N) is 1. The molecule has 0 saturated heterocycles. The molecule has 1 amide bonds. The molecule has 0 aliphatic rings. The predicted molar refractivity (Wildman–Crippen MR) is 61.0 cm³/mol. The molecule has 0 aliphatic carbocycles. The number of amides is 1. The second-order valence-electron chi connectivity index (χ2n) is 3.50. The lowest BCUT2D eigenvalue weighted by Gasteiger charge is -2.11. The highest BCUT2D eigenvalue weighted by atomic mass is 16.6. The molecular formula is C11H14N2O3. The van der Waals surface area contributed by atoms with E-state index in [1.165, 1.54) is 0 Å². The van der Waals surface area contributed by atoms with Crippen LogP contribution in [0, 0.1) is 17.0 Å². The van der Waals surface area contributed by atoms with E-state index in [0.29, 0.717) is 5.69 Å². The summed E-state index contributed by atoms with van der Waals surface area (Å²) in [4.78, 5) is 20.8. The molecule has 5 heteroatoms. The van der Waals surface area contributed by atoms with Crippen molar-refractivity contribution < 1.29 is 9.72 Å². The molecular weight excluding hydrogens is 208 g/mol. The van der Waals surface area contributed by atoms with Crippen LogP contribution in [0.2, 0.25) is 0 Å². The zero-order valence-corrected chi connectivity index (χ0v) is 9.32. The summed E-state index contributed by atoms with van der Waals surface area (Å²) in [5.41, 5.74) is 2.59. The van der Waals surface area contributed by atoms with E-state index in [0.717, 1.165) is 17.5 Å². The molecule has 0 bridgehead atoms. The number of nitro groups is 1. The van der Waals surface area contributed by atoms with Gasteiger partial charge >= 0.3 is 0 Å². The van der Waals surface area contributed by atoms with Gasteiger partial charge in [-0.05, 0) is 24.5 Å². The van der Waals surface area contributed by atoms with Crippen molar-refractivity contribution in [2.24, 2.45) is 0 Å². The van der Waals surface area contributed by atoms with E-state index >= 15 is 0 Å². The lowest BCUT2D eigenvalue weighted by molar-refractivity contribution is -0.467. The Morgan fingerprint density at radius 3 is 2.75 bits per heavy atom. The van der Waals surface area contributed by atoms with Gasteiger partial charge in [-0.1, -0.05) is 25.1 Å². The molecule has 0 aliphatic heterocycles. The van der Waals surface area contributed by atoms with Crippen molar-refractivity contribution in [3.63, 3.8) is 0 Å². The molecule has 5 nitrogen and oxygen atoms in total. The Morgan fingerprint density at radius 2 is 2.19 bits per heavy atom. The van der Waals surface area contributed by atoms with Crippen molar-refractivity contribution in [2.75, 3.05) is 11.9 Å². The summed E-state index contributed by atoms with van der Waals surface area (Å²) in [5.74, 6) is -0.589. The number of rotatable bonds is 4. The highest BCUT2D eigenvalue weighted by Crippen LogP contribution is 2.20. The van der Waals surface area contributed by atoms with E-state index in [1.807, 2.05) is 32.0 Å². The molecule has 86 valence electrons. The van der Waals surface area contributed by atoms with E-state index in [2.05, 4.69) is 5.32 Å². The Bertz CT molecular complexity index is 416. The summed E-state index contributed by atoms with van der Waals surface area (Å²) in [6, 6.07) is 5.66. The van der Waals surface area contributed by atoms with Gasteiger partial charge in [-0.2, -0.15) is 0 Å². The molecule has 1 rings (SSSR count). The van der Waals surface area contributed by atoms with Crippen molar-refractivity contribution in [1.82, 2.24) is 0 Å². The molecule has 1 N–H and O–H groups in total. The van der Waals surface area contributed by atoms with E-state index in [1.54, 1.807) is 0 Å². The van der Waals surface area contributed by atoms with Gasteiger partial charge in [0.25, 0.3) is 12.5 Å². The first kappa shape index (κ1) is 12.2. The van der Waals surface area contributed by atoms with E-state index in [-0.39, 0.29) is 0 Å². The van der Waals surface area contributed by atoms with E-state index < -0.39 is 17.4 Å². The van der Waals surface area contributed by atoms with Crippen LogP contribution in [-0.4, -0.2) is 17.4 Å². The SMILES string of the molecule is CCc1cccc(C)c1NC(=O)C[N+](=O)[O-]. The number of para-hydroxylation sites is 1. The molecule has 0 heterocycles. The Hall–Kier alpha value is -1.91. The topological polar surface area (TPSA) is 72.2 Å². The Morgan fingerprint density at radius 1 is 1.50 bits per heavy atom. The number of carbonyl (C=O) groups excluding carboxylic acids is 1. The Balaban J connectivity index is 2.87. The molecule has 0 saturated carbocycles. The molecule has 0 radical (unpaired) electrons. The van der Waals surface area contributed by atoms with Crippen LogP contribution in [0.3, 0.4) is 0 Å². The maximum Gasteiger partial charge on any atom is 0.296 e. The summed E-state index contributed by atoms with van der Waals surface area (Å²) in [5, 5.41) is 12.8. The summed E-state index contributed by atoms with van der Waals surface area (Å²) in [7, 11) is 0. The van der Waals surface area contributed by atoms with Gasteiger partial charge in [0.2, 0.25) is 0 Å². The third kappa shape index (κ3) is 3.05. The van der Waals surface area contributed by atoms with Gasteiger partial charge < -0.3 is 5.32 Å². The molecule has 0 atom stereocenters. The number of aryl methyl sites for hydroxylation is 2. The highest BCUT2D eigenvalue weighted by Gasteiger charge is 2.12. The number of carbonyl (C=O) groups is 1. The largest absolute Gasteiger partial charge is 0.320 e. The van der Waals surface area contributed by atoms with Crippen LogP contribution < -0.4 is 5.32 Å². The van der Waals surface area contributed by atoms with Crippen molar-refractivity contribution in [3.05, 3.63) is 39.4 Å². The normalized spacial score (nSPS) is 9.88. The maximum absolute atomic E-state index is 11.3. The second kappa shape index (κ2) is 5.25.